The van der Waals surface area contributed by atoms with E-state index in [2.05, 4.69) is 29.1 Å². The summed E-state index contributed by atoms with van der Waals surface area (Å²) in [6, 6.07) is 0.287. The summed E-state index contributed by atoms with van der Waals surface area (Å²) in [5.41, 5.74) is 0. The normalized spacial score (nSPS) is 17.0. The molecule has 0 unspecified atom stereocenters. The molecule has 6 nitrogen and oxygen atoms in total. The molecule has 0 saturated carbocycles. The summed E-state index contributed by atoms with van der Waals surface area (Å²) in [6.45, 7) is 6.97. The second-order valence-corrected chi connectivity index (χ2v) is 6.16. The van der Waals surface area contributed by atoms with Crippen LogP contribution in [0.25, 0.3) is 0 Å². The van der Waals surface area contributed by atoms with Gasteiger partial charge in [0.25, 0.3) is 0 Å². The van der Waals surface area contributed by atoms with Crippen molar-refractivity contribution in [2.45, 2.75) is 32.7 Å². The van der Waals surface area contributed by atoms with Gasteiger partial charge < -0.3 is 19.9 Å². The molecule has 122 valence electrons. The molecule has 1 aliphatic rings. The van der Waals surface area contributed by atoms with Crippen LogP contribution in [0.2, 0.25) is 0 Å². The third-order valence-electron chi connectivity index (χ3n) is 3.52. The highest BCUT2D eigenvalue weighted by atomic mass is 16.5. The quantitative estimate of drug-likeness (QED) is 0.602. The van der Waals surface area contributed by atoms with E-state index in [0.29, 0.717) is 5.92 Å². The second kappa shape index (κ2) is 8.87. The lowest BCUT2D eigenvalue weighted by molar-refractivity contribution is -0.127. The molecule has 0 radical (unpaired) electrons. The molecule has 1 aliphatic heterocycles. The van der Waals surface area contributed by atoms with Crippen LogP contribution < -0.4 is 5.32 Å². The number of carbonyl (C=O) groups is 1. The number of likely N-dealkylation sites (N-methyl/N-ethyl adjacent to an activating group) is 1. The Bertz CT molecular complexity index is 350. The molecule has 1 rings (SSSR count). The molecule has 0 aromatic carbocycles. The number of amides is 1. The van der Waals surface area contributed by atoms with Gasteiger partial charge >= 0.3 is 0 Å². The van der Waals surface area contributed by atoms with E-state index in [9.17, 15) is 4.79 Å². The van der Waals surface area contributed by atoms with Crippen LogP contribution in [0.4, 0.5) is 0 Å². The smallest absolute Gasteiger partial charge is 0.243 e. The maximum Gasteiger partial charge on any atom is 0.243 e. The van der Waals surface area contributed by atoms with Gasteiger partial charge in [0.15, 0.2) is 5.96 Å². The Labute approximate surface area is 128 Å². The van der Waals surface area contributed by atoms with Crippen molar-refractivity contribution in [3.05, 3.63) is 0 Å². The molecule has 0 spiro atoms. The monoisotopic (exact) mass is 298 g/mol. The van der Waals surface area contributed by atoms with E-state index in [1.165, 1.54) is 0 Å². The number of hydrogen-bond acceptors (Lipinski definition) is 3. The molecular weight excluding hydrogens is 268 g/mol. The van der Waals surface area contributed by atoms with Crippen LogP contribution in [0.1, 0.15) is 26.7 Å². The van der Waals surface area contributed by atoms with Gasteiger partial charge in [0.1, 0.15) is 6.54 Å². The first-order valence-corrected chi connectivity index (χ1v) is 7.70. The van der Waals surface area contributed by atoms with Crippen LogP contribution in [-0.2, 0) is 9.53 Å². The van der Waals surface area contributed by atoms with Gasteiger partial charge in [0.05, 0.1) is 0 Å². The van der Waals surface area contributed by atoms with Crippen molar-refractivity contribution < 1.29 is 9.53 Å². The first kappa shape index (κ1) is 17.8. The molecule has 1 heterocycles. The fourth-order valence-corrected chi connectivity index (χ4v) is 2.22. The SMILES string of the molecule is CC(C)NC(=NCC(=O)N(C)C)N(C)CC1CCOCC1. The van der Waals surface area contributed by atoms with Crippen LogP contribution in [0.15, 0.2) is 4.99 Å². The minimum Gasteiger partial charge on any atom is -0.381 e. The predicted molar refractivity (Wildman–Crippen MR) is 85.4 cm³/mol. The third kappa shape index (κ3) is 6.80. The van der Waals surface area contributed by atoms with E-state index in [1.807, 2.05) is 7.05 Å². The highest BCUT2D eigenvalue weighted by molar-refractivity contribution is 5.84. The molecule has 6 heteroatoms. The van der Waals surface area contributed by atoms with Crippen molar-refractivity contribution in [2.75, 3.05) is 47.4 Å². The van der Waals surface area contributed by atoms with Gasteiger partial charge in [-0.25, -0.2) is 4.99 Å². The molecule has 1 N–H and O–H groups in total. The molecule has 0 atom stereocenters. The van der Waals surface area contributed by atoms with Crippen LogP contribution in [0, 0.1) is 5.92 Å². The summed E-state index contributed by atoms with van der Waals surface area (Å²) in [6.07, 6.45) is 2.19. The average Bonchev–Trinajstić information content (AvgIpc) is 2.43. The number of guanidine groups is 1. The van der Waals surface area contributed by atoms with Crippen molar-refractivity contribution in [1.29, 1.82) is 0 Å². The lowest BCUT2D eigenvalue weighted by atomic mass is 10.00. The van der Waals surface area contributed by atoms with Crippen LogP contribution in [-0.4, -0.2) is 75.2 Å². The minimum absolute atomic E-state index is 0.0116. The van der Waals surface area contributed by atoms with Gasteiger partial charge in [-0.05, 0) is 32.6 Å². The van der Waals surface area contributed by atoms with Gasteiger partial charge in [0.2, 0.25) is 5.91 Å². The molecule has 1 saturated heterocycles. The Morgan fingerprint density at radius 3 is 2.43 bits per heavy atom. The first-order chi connectivity index (χ1) is 9.90. The number of ether oxygens (including phenoxy) is 1. The zero-order valence-corrected chi connectivity index (χ0v) is 14.1. The van der Waals surface area contributed by atoms with E-state index in [-0.39, 0.29) is 18.5 Å². The summed E-state index contributed by atoms with van der Waals surface area (Å²) in [4.78, 5) is 19.8. The van der Waals surface area contributed by atoms with Crippen LogP contribution in [0.3, 0.4) is 0 Å². The van der Waals surface area contributed by atoms with E-state index in [0.717, 1.165) is 38.6 Å². The largest absolute Gasteiger partial charge is 0.381 e. The lowest BCUT2D eigenvalue weighted by Gasteiger charge is -2.30. The second-order valence-electron chi connectivity index (χ2n) is 6.16. The van der Waals surface area contributed by atoms with Crippen molar-refractivity contribution in [2.24, 2.45) is 10.9 Å². The Morgan fingerprint density at radius 2 is 1.90 bits per heavy atom. The number of aliphatic imine (C=N–C) groups is 1. The molecule has 1 fully saturated rings. The number of carbonyl (C=O) groups excluding carboxylic acids is 1. The van der Waals surface area contributed by atoms with Crippen LogP contribution in [0.5, 0.6) is 0 Å². The number of hydrogen-bond donors (Lipinski definition) is 1. The summed E-state index contributed by atoms with van der Waals surface area (Å²) < 4.78 is 5.40. The summed E-state index contributed by atoms with van der Waals surface area (Å²) in [7, 11) is 5.53. The fraction of sp³-hybridized carbons (Fsp3) is 0.867. The zero-order chi connectivity index (χ0) is 15.8. The summed E-state index contributed by atoms with van der Waals surface area (Å²) in [5.74, 6) is 1.44. The van der Waals surface area contributed by atoms with Crippen molar-refractivity contribution >= 4 is 11.9 Å². The predicted octanol–water partition coefficient (Wildman–Crippen LogP) is 0.787. The molecule has 1 amide bonds. The molecule has 0 aromatic heterocycles. The first-order valence-electron chi connectivity index (χ1n) is 7.70. The molecule has 0 aliphatic carbocycles. The highest BCUT2D eigenvalue weighted by Gasteiger charge is 2.18. The number of nitrogens with zero attached hydrogens (tertiary/aromatic N) is 3. The highest BCUT2D eigenvalue weighted by Crippen LogP contribution is 2.15. The number of rotatable bonds is 5. The lowest BCUT2D eigenvalue weighted by Crippen LogP contribution is -2.45. The van der Waals surface area contributed by atoms with Gasteiger partial charge in [-0.15, -0.1) is 0 Å². The zero-order valence-electron chi connectivity index (χ0n) is 14.1. The maximum atomic E-state index is 11.7. The van der Waals surface area contributed by atoms with Gasteiger partial charge in [-0.2, -0.15) is 0 Å². The van der Waals surface area contributed by atoms with Crippen molar-refractivity contribution in [3.63, 3.8) is 0 Å². The van der Waals surface area contributed by atoms with Gasteiger partial charge in [-0.1, -0.05) is 0 Å². The Balaban J connectivity index is 2.61. The molecule has 0 bridgehead atoms. The van der Waals surface area contributed by atoms with Crippen molar-refractivity contribution in [3.8, 4) is 0 Å². The Morgan fingerprint density at radius 1 is 1.29 bits per heavy atom. The van der Waals surface area contributed by atoms with Gasteiger partial charge in [-0.3, -0.25) is 4.79 Å². The topological polar surface area (TPSA) is 57.2 Å². The fourth-order valence-electron chi connectivity index (χ4n) is 2.22. The molecular formula is C15H30N4O2. The van der Waals surface area contributed by atoms with E-state index >= 15 is 0 Å². The van der Waals surface area contributed by atoms with E-state index in [4.69, 9.17) is 4.74 Å². The Kier molecular flexibility index (Phi) is 7.50. The maximum absolute atomic E-state index is 11.7. The minimum atomic E-state index is 0.0116. The average molecular weight is 298 g/mol. The van der Waals surface area contributed by atoms with Crippen molar-refractivity contribution in [1.82, 2.24) is 15.1 Å². The Hall–Kier alpha value is -1.30. The molecule has 21 heavy (non-hydrogen) atoms. The van der Waals surface area contributed by atoms with E-state index in [1.54, 1.807) is 19.0 Å². The third-order valence-corrected chi connectivity index (χ3v) is 3.52. The number of nitrogens with one attached hydrogen (secondary N) is 1. The summed E-state index contributed by atoms with van der Waals surface area (Å²) >= 11 is 0. The standard InChI is InChI=1S/C15H30N4O2/c1-12(2)17-15(16-10-14(20)18(3)4)19(5)11-13-6-8-21-9-7-13/h12-13H,6-11H2,1-5H3,(H,16,17). The summed E-state index contributed by atoms with van der Waals surface area (Å²) in [5, 5.41) is 3.34. The van der Waals surface area contributed by atoms with E-state index < -0.39 is 0 Å². The van der Waals surface area contributed by atoms with Gasteiger partial charge in [0, 0.05) is 46.9 Å². The van der Waals surface area contributed by atoms with Crippen LogP contribution >= 0.6 is 0 Å². The molecule has 0 aromatic rings.